The van der Waals surface area contributed by atoms with E-state index in [0.717, 1.165) is 38.7 Å². The zero-order valence-electron chi connectivity index (χ0n) is 10.7. The Labute approximate surface area is 108 Å². The first-order valence-corrected chi connectivity index (χ1v) is 7.61. The first-order valence-electron chi connectivity index (χ1n) is 6.62. The van der Waals surface area contributed by atoms with Crippen LogP contribution in [0.4, 0.5) is 0 Å². The van der Waals surface area contributed by atoms with Gasteiger partial charge in [0.2, 0.25) is 0 Å². The molecule has 2 saturated heterocycles. The summed E-state index contributed by atoms with van der Waals surface area (Å²) >= 11 is 1.88. The van der Waals surface area contributed by atoms with Crippen LogP contribution in [-0.4, -0.2) is 66.8 Å². The van der Waals surface area contributed by atoms with Crippen molar-refractivity contribution < 1.29 is 4.74 Å². The number of ether oxygens (including phenoxy) is 1. The highest BCUT2D eigenvalue weighted by Crippen LogP contribution is 2.16. The third kappa shape index (κ3) is 4.16. The first kappa shape index (κ1) is 13.2. The van der Waals surface area contributed by atoms with E-state index in [0.29, 0.717) is 0 Å². The van der Waals surface area contributed by atoms with Gasteiger partial charge in [0.1, 0.15) is 0 Å². The number of amidine groups is 1. The Kier molecular flexibility index (Phi) is 5.61. The Hall–Kier alpha value is -0.260. The van der Waals surface area contributed by atoms with Crippen LogP contribution in [0.15, 0.2) is 4.99 Å². The lowest BCUT2D eigenvalue weighted by molar-refractivity contribution is 0.0393. The van der Waals surface area contributed by atoms with Crippen molar-refractivity contribution >= 4 is 16.9 Å². The minimum atomic E-state index is 0.836. The van der Waals surface area contributed by atoms with E-state index in [1.54, 1.807) is 0 Å². The number of morpholine rings is 1. The fourth-order valence-corrected chi connectivity index (χ4v) is 2.95. The molecule has 0 aliphatic carbocycles. The van der Waals surface area contributed by atoms with E-state index in [2.05, 4.69) is 16.7 Å². The molecular weight excluding hydrogens is 234 g/mol. The largest absolute Gasteiger partial charge is 0.379 e. The molecule has 0 radical (unpaired) electrons. The molecule has 0 aromatic carbocycles. The molecule has 5 heteroatoms. The predicted octanol–water partition coefficient (Wildman–Crippen LogP) is 1.48. The molecule has 0 aromatic rings. The van der Waals surface area contributed by atoms with Crippen LogP contribution in [0.25, 0.3) is 0 Å². The van der Waals surface area contributed by atoms with E-state index in [4.69, 9.17) is 9.73 Å². The maximum Gasteiger partial charge on any atom is 0.160 e. The van der Waals surface area contributed by atoms with Crippen molar-refractivity contribution in [3.63, 3.8) is 0 Å². The summed E-state index contributed by atoms with van der Waals surface area (Å²) < 4.78 is 5.35. The molecule has 2 fully saturated rings. The van der Waals surface area contributed by atoms with Gasteiger partial charge in [-0.15, -0.1) is 0 Å². The fraction of sp³-hybridized carbons (Fsp3) is 0.917. The molecule has 2 heterocycles. The number of nitrogens with zero attached hydrogens (tertiary/aromatic N) is 3. The molecular formula is C12H23N3OS. The van der Waals surface area contributed by atoms with Gasteiger partial charge in [0.25, 0.3) is 0 Å². The number of aliphatic imine (C=N–C) groups is 1. The lowest BCUT2D eigenvalue weighted by Gasteiger charge is -2.26. The molecule has 2 aliphatic rings. The molecule has 0 N–H and O–H groups in total. The van der Waals surface area contributed by atoms with Gasteiger partial charge >= 0.3 is 0 Å². The van der Waals surface area contributed by atoms with Crippen molar-refractivity contribution in [2.24, 2.45) is 4.99 Å². The highest BCUT2D eigenvalue weighted by molar-refractivity contribution is 8.13. The van der Waals surface area contributed by atoms with Gasteiger partial charge in [-0.25, -0.2) is 4.99 Å². The summed E-state index contributed by atoms with van der Waals surface area (Å²) in [6.07, 6.45) is 2.64. The van der Waals surface area contributed by atoms with Crippen LogP contribution in [-0.2, 0) is 4.74 Å². The van der Waals surface area contributed by atoms with E-state index < -0.39 is 0 Å². The van der Waals surface area contributed by atoms with Crippen molar-refractivity contribution in [3.8, 4) is 0 Å². The van der Waals surface area contributed by atoms with Crippen molar-refractivity contribution in [1.82, 2.24) is 9.80 Å². The molecule has 2 aliphatic heterocycles. The summed E-state index contributed by atoms with van der Waals surface area (Å²) in [4.78, 5) is 9.60. The average Bonchev–Trinajstić information content (AvgIpc) is 2.89. The molecule has 0 aromatic heterocycles. The van der Waals surface area contributed by atoms with Crippen molar-refractivity contribution in [2.45, 2.75) is 19.8 Å². The van der Waals surface area contributed by atoms with Crippen LogP contribution in [0.1, 0.15) is 19.8 Å². The van der Waals surface area contributed by atoms with E-state index in [9.17, 15) is 0 Å². The molecule has 0 bridgehead atoms. The monoisotopic (exact) mass is 257 g/mol. The van der Waals surface area contributed by atoms with Crippen LogP contribution in [0.3, 0.4) is 0 Å². The van der Waals surface area contributed by atoms with Gasteiger partial charge in [0.15, 0.2) is 5.17 Å². The molecule has 0 unspecified atom stereocenters. The SMILES string of the molecule is CCSC(=NCN1CCOCC1)N1CCCC1. The van der Waals surface area contributed by atoms with Gasteiger partial charge in [0, 0.05) is 26.2 Å². The molecule has 17 heavy (non-hydrogen) atoms. The fourth-order valence-electron chi connectivity index (χ4n) is 2.18. The van der Waals surface area contributed by atoms with Gasteiger partial charge in [0.05, 0.1) is 19.9 Å². The van der Waals surface area contributed by atoms with Crippen molar-refractivity contribution in [3.05, 3.63) is 0 Å². The Morgan fingerprint density at radius 2 is 1.88 bits per heavy atom. The number of thioether (sulfide) groups is 1. The van der Waals surface area contributed by atoms with Gasteiger partial charge < -0.3 is 9.64 Å². The summed E-state index contributed by atoms with van der Waals surface area (Å²) in [7, 11) is 0. The van der Waals surface area contributed by atoms with Crippen LogP contribution in [0.5, 0.6) is 0 Å². The Morgan fingerprint density at radius 1 is 1.18 bits per heavy atom. The van der Waals surface area contributed by atoms with Gasteiger partial charge in [-0.3, -0.25) is 4.90 Å². The summed E-state index contributed by atoms with van der Waals surface area (Å²) in [5, 5.41) is 1.25. The standard InChI is InChI=1S/C12H23N3OS/c1-2-17-12(15-5-3-4-6-15)13-11-14-7-9-16-10-8-14/h2-11H2,1H3. The maximum atomic E-state index is 5.35. The average molecular weight is 257 g/mol. The number of rotatable bonds is 3. The maximum absolute atomic E-state index is 5.35. The Balaban J connectivity index is 1.84. The second kappa shape index (κ2) is 7.24. The molecule has 2 rings (SSSR count). The van der Waals surface area contributed by atoms with Gasteiger partial charge in [-0.1, -0.05) is 18.7 Å². The minimum Gasteiger partial charge on any atom is -0.379 e. The molecule has 0 saturated carbocycles. The molecule has 0 amide bonds. The molecule has 0 spiro atoms. The smallest absolute Gasteiger partial charge is 0.160 e. The third-order valence-corrected chi connectivity index (χ3v) is 4.09. The molecule has 0 atom stereocenters. The summed E-state index contributed by atoms with van der Waals surface area (Å²) in [6, 6.07) is 0. The Bertz CT molecular complexity index is 248. The van der Waals surface area contributed by atoms with E-state index in [1.807, 2.05) is 11.8 Å². The van der Waals surface area contributed by atoms with E-state index >= 15 is 0 Å². The number of likely N-dealkylation sites (tertiary alicyclic amines) is 1. The second-order valence-electron chi connectivity index (χ2n) is 4.44. The van der Waals surface area contributed by atoms with E-state index in [-0.39, 0.29) is 0 Å². The molecule has 4 nitrogen and oxygen atoms in total. The minimum absolute atomic E-state index is 0.836. The van der Waals surface area contributed by atoms with Crippen LogP contribution in [0.2, 0.25) is 0 Å². The third-order valence-electron chi connectivity index (χ3n) is 3.16. The van der Waals surface area contributed by atoms with Gasteiger partial charge in [-0.05, 0) is 18.6 Å². The lowest BCUT2D eigenvalue weighted by atomic mass is 10.4. The second-order valence-corrected chi connectivity index (χ2v) is 5.67. The summed E-state index contributed by atoms with van der Waals surface area (Å²) in [5.41, 5.74) is 0. The first-order chi connectivity index (χ1) is 8.40. The normalized spacial score (nSPS) is 23.4. The zero-order valence-corrected chi connectivity index (χ0v) is 11.5. The van der Waals surface area contributed by atoms with Crippen LogP contribution >= 0.6 is 11.8 Å². The van der Waals surface area contributed by atoms with E-state index in [1.165, 1.54) is 31.1 Å². The van der Waals surface area contributed by atoms with Gasteiger partial charge in [-0.2, -0.15) is 0 Å². The lowest BCUT2D eigenvalue weighted by Crippen LogP contribution is -2.37. The van der Waals surface area contributed by atoms with Crippen molar-refractivity contribution in [2.75, 3.05) is 51.8 Å². The zero-order chi connectivity index (χ0) is 11.9. The van der Waals surface area contributed by atoms with Crippen LogP contribution in [0, 0.1) is 0 Å². The Morgan fingerprint density at radius 3 is 2.53 bits per heavy atom. The van der Waals surface area contributed by atoms with Crippen LogP contribution < -0.4 is 0 Å². The summed E-state index contributed by atoms with van der Waals surface area (Å²) in [6.45, 7) is 9.17. The molecule has 98 valence electrons. The summed E-state index contributed by atoms with van der Waals surface area (Å²) in [5.74, 6) is 1.11. The number of hydrogen-bond donors (Lipinski definition) is 0. The highest BCUT2D eigenvalue weighted by Gasteiger charge is 2.17. The predicted molar refractivity (Wildman–Crippen MR) is 73.6 cm³/mol. The number of hydrogen-bond acceptors (Lipinski definition) is 4. The topological polar surface area (TPSA) is 28.1 Å². The quantitative estimate of drug-likeness (QED) is 0.565. The highest BCUT2D eigenvalue weighted by atomic mass is 32.2. The van der Waals surface area contributed by atoms with Crippen molar-refractivity contribution in [1.29, 1.82) is 0 Å².